The van der Waals surface area contributed by atoms with Crippen molar-refractivity contribution in [3.05, 3.63) is 53.6 Å². The first-order valence-electron chi connectivity index (χ1n) is 8.39. The fourth-order valence-corrected chi connectivity index (χ4v) is 4.97. The van der Waals surface area contributed by atoms with Crippen molar-refractivity contribution in [2.24, 2.45) is 0 Å². The molecule has 0 aliphatic carbocycles. The van der Waals surface area contributed by atoms with E-state index in [0.717, 1.165) is 4.90 Å². The minimum Gasteiger partial charge on any atom is -0.369 e. The van der Waals surface area contributed by atoms with Gasteiger partial charge in [0.2, 0.25) is 10.0 Å². The molecule has 2 aromatic rings. The van der Waals surface area contributed by atoms with Gasteiger partial charge in [-0.3, -0.25) is 0 Å². The Bertz CT molecular complexity index is 840. The highest BCUT2D eigenvalue weighted by molar-refractivity contribution is 7.98. The Balaban J connectivity index is 1.73. The molecule has 4 nitrogen and oxygen atoms in total. The van der Waals surface area contributed by atoms with E-state index in [1.165, 1.54) is 16.8 Å². The first-order chi connectivity index (χ1) is 11.9. The smallest absolute Gasteiger partial charge is 0.243 e. The van der Waals surface area contributed by atoms with Crippen LogP contribution in [0.4, 0.5) is 5.69 Å². The van der Waals surface area contributed by atoms with Gasteiger partial charge >= 0.3 is 0 Å². The van der Waals surface area contributed by atoms with Crippen LogP contribution in [0.2, 0.25) is 0 Å². The lowest BCUT2D eigenvalue weighted by molar-refractivity contribution is 0.384. The summed E-state index contributed by atoms with van der Waals surface area (Å²) in [6, 6.07) is 13.4. The van der Waals surface area contributed by atoms with Gasteiger partial charge in [-0.05, 0) is 61.6 Å². The molecule has 1 saturated heterocycles. The second-order valence-electron chi connectivity index (χ2n) is 6.29. The average molecular weight is 377 g/mol. The van der Waals surface area contributed by atoms with E-state index in [1.54, 1.807) is 28.2 Å². The normalized spacial score (nSPS) is 16.2. The van der Waals surface area contributed by atoms with Crippen molar-refractivity contribution in [3.63, 3.8) is 0 Å². The summed E-state index contributed by atoms with van der Waals surface area (Å²) in [6.07, 6.45) is 1.98. The van der Waals surface area contributed by atoms with Crippen LogP contribution in [0.25, 0.3) is 0 Å². The summed E-state index contributed by atoms with van der Waals surface area (Å²) >= 11 is 1.61. The molecule has 0 aromatic heterocycles. The molecule has 0 radical (unpaired) electrons. The first-order valence-corrected chi connectivity index (χ1v) is 11.1. The van der Waals surface area contributed by atoms with Crippen LogP contribution in [0, 0.1) is 13.8 Å². The number of hydrogen-bond acceptors (Lipinski definition) is 4. The molecule has 3 rings (SSSR count). The molecule has 0 spiro atoms. The molecule has 2 aromatic carbocycles. The maximum atomic E-state index is 12.9. The standard InChI is InChI=1S/C19H24N2O2S2/c1-15-5-4-6-19(16(15)2)20-11-13-21(14-12-20)25(22,23)18-9-7-17(24-3)8-10-18/h4-10H,11-14H2,1-3H3. The van der Waals surface area contributed by atoms with Gasteiger partial charge in [0.25, 0.3) is 0 Å². The summed E-state index contributed by atoms with van der Waals surface area (Å²) in [5.74, 6) is 0. The number of nitrogens with zero attached hydrogens (tertiary/aromatic N) is 2. The summed E-state index contributed by atoms with van der Waals surface area (Å²) < 4.78 is 27.3. The summed E-state index contributed by atoms with van der Waals surface area (Å²) in [6.45, 7) is 6.69. The predicted octanol–water partition coefficient (Wildman–Crippen LogP) is 3.54. The number of aryl methyl sites for hydroxylation is 1. The molecule has 0 amide bonds. The molecule has 1 aliphatic heterocycles. The molecule has 6 heteroatoms. The predicted molar refractivity (Wildman–Crippen MR) is 105 cm³/mol. The summed E-state index contributed by atoms with van der Waals surface area (Å²) in [5, 5.41) is 0. The molecule has 0 unspecified atom stereocenters. The molecule has 1 aliphatic rings. The molecule has 25 heavy (non-hydrogen) atoms. The number of benzene rings is 2. The highest BCUT2D eigenvalue weighted by Gasteiger charge is 2.28. The first kappa shape index (κ1) is 18.3. The van der Waals surface area contributed by atoms with Gasteiger partial charge in [-0.2, -0.15) is 4.31 Å². The number of anilines is 1. The zero-order valence-electron chi connectivity index (χ0n) is 14.9. The van der Waals surface area contributed by atoms with Gasteiger partial charge in [0.05, 0.1) is 4.90 Å². The molecule has 1 fully saturated rings. The summed E-state index contributed by atoms with van der Waals surface area (Å²) in [4.78, 5) is 3.73. The van der Waals surface area contributed by atoms with Crippen LogP contribution in [-0.4, -0.2) is 45.2 Å². The Labute approximate surface area is 154 Å². The molecule has 0 atom stereocenters. The minimum absolute atomic E-state index is 0.380. The highest BCUT2D eigenvalue weighted by Crippen LogP contribution is 2.26. The number of rotatable bonds is 4. The Morgan fingerprint density at radius 3 is 2.16 bits per heavy atom. The van der Waals surface area contributed by atoms with Crippen molar-refractivity contribution in [2.75, 3.05) is 37.3 Å². The molecule has 0 saturated carbocycles. The fourth-order valence-electron chi connectivity index (χ4n) is 3.14. The number of piperazine rings is 1. The third kappa shape index (κ3) is 3.71. The highest BCUT2D eigenvalue weighted by atomic mass is 32.2. The third-order valence-corrected chi connectivity index (χ3v) is 7.51. The zero-order chi connectivity index (χ0) is 18.0. The molecule has 0 bridgehead atoms. The van der Waals surface area contributed by atoms with E-state index in [1.807, 2.05) is 18.4 Å². The van der Waals surface area contributed by atoms with Gasteiger partial charge in [-0.15, -0.1) is 11.8 Å². The van der Waals surface area contributed by atoms with E-state index in [2.05, 4.69) is 36.9 Å². The van der Waals surface area contributed by atoms with Crippen molar-refractivity contribution in [2.45, 2.75) is 23.6 Å². The molecular formula is C19H24N2O2S2. The van der Waals surface area contributed by atoms with Gasteiger partial charge in [-0.25, -0.2) is 8.42 Å². The minimum atomic E-state index is -3.41. The maximum Gasteiger partial charge on any atom is 0.243 e. The molecule has 134 valence electrons. The van der Waals surface area contributed by atoms with E-state index in [9.17, 15) is 8.42 Å². The summed E-state index contributed by atoms with van der Waals surface area (Å²) in [5.41, 5.74) is 3.74. The second-order valence-corrected chi connectivity index (χ2v) is 9.10. The quantitative estimate of drug-likeness (QED) is 0.766. The van der Waals surface area contributed by atoms with Crippen LogP contribution in [0.3, 0.4) is 0 Å². The number of sulfonamides is 1. The summed E-state index contributed by atoms with van der Waals surface area (Å²) in [7, 11) is -3.41. The molecule has 0 N–H and O–H groups in total. The topological polar surface area (TPSA) is 40.6 Å². The molecular weight excluding hydrogens is 352 g/mol. The van der Waals surface area contributed by atoms with Crippen LogP contribution in [0.1, 0.15) is 11.1 Å². The van der Waals surface area contributed by atoms with Crippen LogP contribution in [-0.2, 0) is 10.0 Å². The van der Waals surface area contributed by atoms with Crippen molar-refractivity contribution < 1.29 is 8.42 Å². The van der Waals surface area contributed by atoms with Crippen molar-refractivity contribution in [1.29, 1.82) is 0 Å². The van der Waals surface area contributed by atoms with E-state index >= 15 is 0 Å². The Kier molecular flexibility index (Phi) is 5.41. The van der Waals surface area contributed by atoms with Crippen molar-refractivity contribution >= 4 is 27.5 Å². The fraction of sp³-hybridized carbons (Fsp3) is 0.368. The average Bonchev–Trinajstić information content (AvgIpc) is 2.64. The van der Waals surface area contributed by atoms with Gasteiger partial charge < -0.3 is 4.90 Å². The monoisotopic (exact) mass is 376 g/mol. The lowest BCUT2D eigenvalue weighted by Gasteiger charge is -2.36. The van der Waals surface area contributed by atoms with Gasteiger partial charge in [-0.1, -0.05) is 12.1 Å². The lowest BCUT2D eigenvalue weighted by Crippen LogP contribution is -2.48. The zero-order valence-corrected chi connectivity index (χ0v) is 16.5. The van der Waals surface area contributed by atoms with E-state index in [0.29, 0.717) is 31.1 Å². The van der Waals surface area contributed by atoms with Crippen LogP contribution in [0.5, 0.6) is 0 Å². The Morgan fingerprint density at radius 2 is 1.56 bits per heavy atom. The Morgan fingerprint density at radius 1 is 0.920 bits per heavy atom. The van der Waals surface area contributed by atoms with Crippen LogP contribution >= 0.6 is 11.8 Å². The second kappa shape index (κ2) is 7.40. The third-order valence-electron chi connectivity index (χ3n) is 4.85. The SMILES string of the molecule is CSc1ccc(S(=O)(=O)N2CCN(c3cccc(C)c3C)CC2)cc1. The van der Waals surface area contributed by atoms with E-state index in [-0.39, 0.29) is 0 Å². The van der Waals surface area contributed by atoms with Gasteiger partial charge in [0.1, 0.15) is 0 Å². The maximum absolute atomic E-state index is 12.9. The van der Waals surface area contributed by atoms with Crippen LogP contribution in [0.15, 0.2) is 52.3 Å². The van der Waals surface area contributed by atoms with Gasteiger partial charge in [0.15, 0.2) is 0 Å². The number of thioether (sulfide) groups is 1. The van der Waals surface area contributed by atoms with Crippen LogP contribution < -0.4 is 4.90 Å². The van der Waals surface area contributed by atoms with E-state index in [4.69, 9.17) is 0 Å². The largest absolute Gasteiger partial charge is 0.369 e. The van der Waals surface area contributed by atoms with E-state index < -0.39 is 10.0 Å². The van der Waals surface area contributed by atoms with Crippen molar-refractivity contribution in [3.8, 4) is 0 Å². The van der Waals surface area contributed by atoms with Gasteiger partial charge in [0, 0.05) is 36.8 Å². The number of hydrogen-bond donors (Lipinski definition) is 0. The molecule has 1 heterocycles. The Hall–Kier alpha value is -1.50. The lowest BCUT2D eigenvalue weighted by atomic mass is 10.1. The van der Waals surface area contributed by atoms with Crippen molar-refractivity contribution in [1.82, 2.24) is 4.31 Å².